The van der Waals surface area contributed by atoms with E-state index in [0.717, 1.165) is 76.3 Å². The molecule has 0 spiro atoms. The summed E-state index contributed by atoms with van der Waals surface area (Å²) in [6, 6.07) is 28.7. The van der Waals surface area contributed by atoms with Crippen LogP contribution in [0.25, 0.3) is 33.2 Å². The van der Waals surface area contributed by atoms with Crippen molar-refractivity contribution in [3.05, 3.63) is 96.1 Å². The summed E-state index contributed by atoms with van der Waals surface area (Å²) < 4.78 is 5.45. The monoisotopic (exact) mass is 598 g/mol. The first-order chi connectivity index (χ1) is 22.1. The molecule has 0 unspecified atom stereocenters. The number of anilines is 4. The molecule has 11 heteroatoms. The van der Waals surface area contributed by atoms with E-state index >= 15 is 0 Å². The number of ether oxygens (including phenoxy) is 1. The van der Waals surface area contributed by atoms with Crippen molar-refractivity contribution in [1.82, 2.24) is 19.9 Å². The zero-order chi connectivity index (χ0) is 30.6. The Morgan fingerprint density at radius 2 is 1.49 bits per heavy atom. The summed E-state index contributed by atoms with van der Waals surface area (Å²) >= 11 is 0. The quantitative estimate of drug-likeness (QED) is 0.121. The molecule has 1 saturated heterocycles. The van der Waals surface area contributed by atoms with Gasteiger partial charge >= 0.3 is 0 Å². The van der Waals surface area contributed by atoms with Gasteiger partial charge in [-0.1, -0.05) is 36.4 Å². The van der Waals surface area contributed by atoms with Crippen LogP contribution in [0.3, 0.4) is 0 Å². The molecule has 2 aromatic heterocycles. The summed E-state index contributed by atoms with van der Waals surface area (Å²) in [5.74, 6) is 1.16. The van der Waals surface area contributed by atoms with Crippen LogP contribution in [-0.2, 0) is 4.74 Å². The van der Waals surface area contributed by atoms with Gasteiger partial charge in [0.25, 0.3) is 0 Å². The highest BCUT2D eigenvalue weighted by atomic mass is 16.5. The predicted octanol–water partition coefficient (Wildman–Crippen LogP) is 5.90. The van der Waals surface area contributed by atoms with Crippen molar-refractivity contribution in [2.45, 2.75) is 0 Å². The van der Waals surface area contributed by atoms with Gasteiger partial charge in [0.1, 0.15) is 0 Å². The van der Waals surface area contributed by atoms with E-state index in [1.165, 1.54) is 5.69 Å². The molecule has 7 rings (SSSR count). The summed E-state index contributed by atoms with van der Waals surface area (Å²) in [6.45, 7) is 3.37. The average Bonchev–Trinajstić information content (AvgIpc) is 3.68. The number of imidazole rings is 2. The third-order valence-electron chi connectivity index (χ3n) is 7.76. The zero-order valence-corrected chi connectivity index (χ0v) is 25.2. The van der Waals surface area contributed by atoms with Gasteiger partial charge in [0.05, 0.1) is 47.7 Å². The van der Waals surface area contributed by atoms with Crippen LogP contribution in [0.15, 0.2) is 95.1 Å². The lowest BCUT2D eigenvalue weighted by Crippen LogP contribution is -2.36. The van der Waals surface area contributed by atoms with E-state index in [0.29, 0.717) is 11.9 Å². The molecule has 6 aromatic rings. The molecule has 0 aliphatic carbocycles. The van der Waals surface area contributed by atoms with E-state index in [1.807, 2.05) is 50.6 Å². The summed E-state index contributed by atoms with van der Waals surface area (Å²) in [4.78, 5) is 20.2. The lowest BCUT2D eigenvalue weighted by atomic mass is 9.99. The van der Waals surface area contributed by atoms with Gasteiger partial charge in [0.2, 0.25) is 11.9 Å². The van der Waals surface area contributed by atoms with Gasteiger partial charge in [-0.15, -0.1) is 0 Å². The maximum Gasteiger partial charge on any atom is 0.222 e. The first kappa shape index (κ1) is 28.1. The van der Waals surface area contributed by atoms with Crippen molar-refractivity contribution in [1.29, 1.82) is 0 Å². The predicted molar refractivity (Wildman–Crippen MR) is 184 cm³/mol. The topological polar surface area (TPSA) is 122 Å². The first-order valence-electron chi connectivity index (χ1n) is 14.9. The van der Waals surface area contributed by atoms with Gasteiger partial charge in [-0.05, 0) is 65.2 Å². The van der Waals surface area contributed by atoms with Crippen molar-refractivity contribution in [3.63, 3.8) is 0 Å². The Labute approximate surface area is 260 Å². The summed E-state index contributed by atoms with van der Waals surface area (Å²) in [5, 5.41) is 8.89. The number of aromatic amines is 2. The van der Waals surface area contributed by atoms with Crippen LogP contribution >= 0.6 is 0 Å². The van der Waals surface area contributed by atoms with Crippen LogP contribution in [0.5, 0.6) is 0 Å². The maximum absolute atomic E-state index is 5.45. The number of hydrogen-bond donors (Lipinski definition) is 4. The van der Waals surface area contributed by atoms with E-state index < -0.39 is 0 Å². The third kappa shape index (κ3) is 6.34. The van der Waals surface area contributed by atoms with Crippen LogP contribution in [0, 0.1) is 0 Å². The van der Waals surface area contributed by atoms with Crippen molar-refractivity contribution in [2.24, 2.45) is 10.2 Å². The van der Waals surface area contributed by atoms with Gasteiger partial charge < -0.3 is 24.5 Å². The Balaban J connectivity index is 1.08. The third-order valence-corrected chi connectivity index (χ3v) is 7.76. The molecule has 0 amide bonds. The van der Waals surface area contributed by atoms with Gasteiger partial charge in [-0.3, -0.25) is 0 Å². The molecule has 4 N–H and O–H groups in total. The van der Waals surface area contributed by atoms with Crippen molar-refractivity contribution >= 4 is 57.8 Å². The summed E-state index contributed by atoms with van der Waals surface area (Å²) in [7, 11) is 4.06. The molecule has 1 fully saturated rings. The number of rotatable bonds is 9. The van der Waals surface area contributed by atoms with Crippen LogP contribution in [-0.4, -0.2) is 72.8 Å². The Bertz CT molecular complexity index is 1950. The second-order valence-electron chi connectivity index (χ2n) is 11.0. The van der Waals surface area contributed by atoms with Crippen molar-refractivity contribution in [2.75, 3.05) is 61.1 Å². The number of nitrogens with zero attached hydrogens (tertiary/aromatic N) is 6. The van der Waals surface area contributed by atoms with Gasteiger partial charge in [0, 0.05) is 44.1 Å². The lowest BCUT2D eigenvalue weighted by Gasteiger charge is -2.28. The van der Waals surface area contributed by atoms with Crippen LogP contribution in [0.4, 0.5) is 23.3 Å². The van der Waals surface area contributed by atoms with E-state index in [2.05, 4.69) is 100 Å². The number of hydrazone groups is 2. The highest BCUT2D eigenvalue weighted by Crippen LogP contribution is 2.30. The molecule has 45 heavy (non-hydrogen) atoms. The molecule has 4 aromatic carbocycles. The molecule has 226 valence electrons. The average molecular weight is 599 g/mol. The van der Waals surface area contributed by atoms with Crippen molar-refractivity contribution in [3.8, 4) is 11.1 Å². The Kier molecular flexibility index (Phi) is 7.81. The number of H-pyrrole nitrogens is 2. The number of nitrogens with one attached hydrogen (secondary N) is 4. The van der Waals surface area contributed by atoms with E-state index in [9.17, 15) is 0 Å². The molecular formula is C34H34N10O. The molecule has 11 nitrogen and oxygen atoms in total. The Hall–Kier alpha value is -5.68. The molecule has 0 bridgehead atoms. The number of para-hydroxylation sites is 2. The van der Waals surface area contributed by atoms with Gasteiger partial charge in [0.15, 0.2) is 0 Å². The first-order valence-corrected chi connectivity index (χ1v) is 14.9. The van der Waals surface area contributed by atoms with E-state index in [4.69, 9.17) is 9.72 Å². The second kappa shape index (κ2) is 12.5. The maximum atomic E-state index is 5.45. The van der Waals surface area contributed by atoms with Crippen molar-refractivity contribution < 1.29 is 4.74 Å². The normalized spacial score (nSPS) is 13.8. The van der Waals surface area contributed by atoms with Gasteiger partial charge in [-0.2, -0.15) is 10.2 Å². The van der Waals surface area contributed by atoms with Crippen LogP contribution in [0.2, 0.25) is 0 Å². The SMILES string of the molecule is CN(C)c1ccc(/C=N\Nc2nc3ccccc3[nH]2)c(-c2ccc3[nH]c(N/N=C\c4ccc(N5CCOCC5)cc4)nc3c2)c1. The largest absolute Gasteiger partial charge is 0.378 e. The van der Waals surface area contributed by atoms with Crippen LogP contribution in [0.1, 0.15) is 11.1 Å². The fraction of sp³-hybridized carbons (Fsp3) is 0.176. The fourth-order valence-electron chi connectivity index (χ4n) is 5.34. The molecule has 3 heterocycles. The minimum atomic E-state index is 0.571. The molecule has 0 atom stereocenters. The standard InChI is InChI=1S/C34H34N10O/c1-43(2)27-13-9-25(22-36-42-33-37-29-5-3-4-6-30(29)38-33)28(20-27)24-10-14-31-32(19-24)40-34(39-31)41-35-21-23-7-11-26(12-8-23)44-15-17-45-18-16-44/h3-14,19-22H,15-18H2,1-2H3,(H2,37,38,42)(H2,39,40,41)/b35-21-,36-22-. The second-order valence-corrected chi connectivity index (χ2v) is 11.0. The number of aromatic nitrogens is 4. The molecular weight excluding hydrogens is 564 g/mol. The highest BCUT2D eigenvalue weighted by Gasteiger charge is 2.12. The number of morpholine rings is 1. The fourth-order valence-corrected chi connectivity index (χ4v) is 5.34. The minimum Gasteiger partial charge on any atom is -0.378 e. The van der Waals surface area contributed by atoms with E-state index in [1.54, 1.807) is 6.21 Å². The molecule has 1 aliphatic heterocycles. The molecule has 0 saturated carbocycles. The number of benzene rings is 4. The Morgan fingerprint density at radius 3 is 2.24 bits per heavy atom. The number of hydrogen-bond acceptors (Lipinski definition) is 9. The Morgan fingerprint density at radius 1 is 0.778 bits per heavy atom. The minimum absolute atomic E-state index is 0.571. The smallest absolute Gasteiger partial charge is 0.222 e. The van der Waals surface area contributed by atoms with Crippen LogP contribution < -0.4 is 20.7 Å². The summed E-state index contributed by atoms with van der Waals surface area (Å²) in [6.07, 6.45) is 3.60. The number of fused-ring (bicyclic) bond motifs is 2. The molecule has 1 aliphatic rings. The van der Waals surface area contributed by atoms with E-state index in [-0.39, 0.29) is 0 Å². The van der Waals surface area contributed by atoms with Gasteiger partial charge in [-0.25, -0.2) is 20.8 Å². The summed E-state index contributed by atoms with van der Waals surface area (Å²) in [5.41, 5.74) is 16.0. The zero-order valence-electron chi connectivity index (χ0n) is 25.2. The highest BCUT2D eigenvalue weighted by molar-refractivity contribution is 5.94. The molecule has 0 radical (unpaired) electrons. The lowest BCUT2D eigenvalue weighted by molar-refractivity contribution is 0.122.